The Kier molecular flexibility index (Phi) is 7.87. The Morgan fingerprint density at radius 3 is 2.52 bits per heavy atom. The van der Waals surface area contributed by atoms with Crippen LogP contribution in [-0.2, 0) is 16.2 Å². The van der Waals surface area contributed by atoms with Gasteiger partial charge in [0.25, 0.3) is 5.91 Å². The summed E-state index contributed by atoms with van der Waals surface area (Å²) in [5.74, 6) is -0.717. The molecule has 0 saturated carbocycles. The number of hydrogen-bond donors (Lipinski definition) is 3. The van der Waals surface area contributed by atoms with Gasteiger partial charge in [0.2, 0.25) is 10.0 Å². The van der Waals surface area contributed by atoms with Crippen molar-refractivity contribution in [3.63, 3.8) is 0 Å². The van der Waals surface area contributed by atoms with Gasteiger partial charge in [-0.25, -0.2) is 13.1 Å². The molecule has 0 aliphatic carbocycles. The zero-order chi connectivity index (χ0) is 23.2. The van der Waals surface area contributed by atoms with Gasteiger partial charge >= 0.3 is 6.18 Å². The summed E-state index contributed by atoms with van der Waals surface area (Å²) < 4.78 is 74.5. The van der Waals surface area contributed by atoms with E-state index < -0.39 is 33.8 Å². The number of carbonyl (C=O) groups is 1. The minimum Gasteiger partial charge on any atom is -0.495 e. The Balaban J connectivity index is 1.98. The van der Waals surface area contributed by atoms with Gasteiger partial charge < -0.3 is 19.9 Å². The molecule has 3 N–H and O–H groups in total. The molecule has 0 bridgehead atoms. The standard InChI is InChI=1S/C19H21F3N2O6S/c1-23-31(27,28)17-8-12(6-7-16(17)29-2)18(26)24-10-14(25)11-30-15-5-3-4-13(9-15)19(20,21)22/h3-9,14,23,25H,10-11H2,1-2H3,(H,24,26). The van der Waals surface area contributed by atoms with Crippen LogP contribution in [0.4, 0.5) is 13.2 Å². The number of sulfonamides is 1. The molecule has 0 aliphatic rings. The van der Waals surface area contributed by atoms with Crippen LogP contribution in [-0.4, -0.2) is 52.8 Å². The second-order valence-corrected chi connectivity index (χ2v) is 8.13. The van der Waals surface area contributed by atoms with E-state index in [0.717, 1.165) is 18.2 Å². The average molecular weight is 462 g/mol. The molecule has 31 heavy (non-hydrogen) atoms. The predicted octanol–water partition coefficient (Wildman–Crippen LogP) is 1.79. The maximum absolute atomic E-state index is 12.7. The van der Waals surface area contributed by atoms with Crippen LogP contribution in [0.1, 0.15) is 15.9 Å². The lowest BCUT2D eigenvalue weighted by Gasteiger charge is -2.15. The van der Waals surface area contributed by atoms with Crippen LogP contribution in [0.15, 0.2) is 47.4 Å². The van der Waals surface area contributed by atoms with Gasteiger partial charge in [0.15, 0.2) is 0 Å². The predicted molar refractivity (Wildman–Crippen MR) is 105 cm³/mol. The second kappa shape index (κ2) is 9.98. The van der Waals surface area contributed by atoms with Crippen molar-refractivity contribution in [2.45, 2.75) is 17.2 Å². The number of benzene rings is 2. The number of halogens is 3. The van der Waals surface area contributed by atoms with E-state index in [2.05, 4.69) is 10.0 Å². The molecule has 8 nitrogen and oxygen atoms in total. The molecule has 170 valence electrons. The molecule has 1 unspecified atom stereocenters. The van der Waals surface area contributed by atoms with E-state index in [1.54, 1.807) is 0 Å². The number of alkyl halides is 3. The summed E-state index contributed by atoms with van der Waals surface area (Å²) in [6.07, 6.45) is -5.75. The minimum absolute atomic E-state index is 0.000576. The second-order valence-electron chi connectivity index (χ2n) is 6.27. The Hall–Kier alpha value is -2.83. The SMILES string of the molecule is CNS(=O)(=O)c1cc(C(=O)NCC(O)COc2cccc(C(F)(F)F)c2)ccc1OC. The highest BCUT2D eigenvalue weighted by Crippen LogP contribution is 2.31. The van der Waals surface area contributed by atoms with Gasteiger partial charge in [0.05, 0.1) is 12.7 Å². The van der Waals surface area contributed by atoms with E-state index in [4.69, 9.17) is 9.47 Å². The fourth-order valence-corrected chi connectivity index (χ4v) is 3.38. The lowest BCUT2D eigenvalue weighted by molar-refractivity contribution is -0.137. The molecule has 0 fully saturated rings. The van der Waals surface area contributed by atoms with Crippen molar-refractivity contribution in [2.24, 2.45) is 0 Å². The molecular weight excluding hydrogens is 441 g/mol. The molecule has 1 atom stereocenters. The summed E-state index contributed by atoms with van der Waals surface area (Å²) in [7, 11) is -1.39. The van der Waals surface area contributed by atoms with Gasteiger partial charge in [-0.15, -0.1) is 0 Å². The van der Waals surface area contributed by atoms with E-state index in [0.29, 0.717) is 0 Å². The first-order valence-electron chi connectivity index (χ1n) is 8.86. The summed E-state index contributed by atoms with van der Waals surface area (Å²) in [4.78, 5) is 12.1. The van der Waals surface area contributed by atoms with E-state index in [1.807, 2.05) is 0 Å². The van der Waals surface area contributed by atoms with Crippen LogP contribution >= 0.6 is 0 Å². The molecule has 2 aromatic carbocycles. The Morgan fingerprint density at radius 2 is 1.90 bits per heavy atom. The molecule has 1 amide bonds. The van der Waals surface area contributed by atoms with Crippen molar-refractivity contribution < 1.29 is 41.0 Å². The van der Waals surface area contributed by atoms with Crippen LogP contribution in [0.3, 0.4) is 0 Å². The maximum atomic E-state index is 12.7. The molecular formula is C19H21F3N2O6S. The topological polar surface area (TPSA) is 114 Å². The van der Waals surface area contributed by atoms with Crippen LogP contribution in [0.2, 0.25) is 0 Å². The number of rotatable bonds is 9. The normalized spacial score (nSPS) is 12.8. The first-order valence-corrected chi connectivity index (χ1v) is 10.3. The number of aliphatic hydroxyl groups is 1. The van der Waals surface area contributed by atoms with Crippen molar-refractivity contribution in [1.82, 2.24) is 10.0 Å². The van der Waals surface area contributed by atoms with Crippen molar-refractivity contribution in [2.75, 3.05) is 27.3 Å². The van der Waals surface area contributed by atoms with Crippen LogP contribution < -0.4 is 19.5 Å². The van der Waals surface area contributed by atoms with Gasteiger partial charge in [-0.05, 0) is 43.4 Å². The van der Waals surface area contributed by atoms with Crippen LogP contribution in [0, 0.1) is 0 Å². The average Bonchev–Trinajstić information content (AvgIpc) is 2.75. The maximum Gasteiger partial charge on any atom is 0.416 e. The minimum atomic E-state index is -4.52. The molecule has 12 heteroatoms. The zero-order valence-electron chi connectivity index (χ0n) is 16.6. The number of nitrogens with one attached hydrogen (secondary N) is 2. The van der Waals surface area contributed by atoms with Gasteiger partial charge in [-0.2, -0.15) is 13.2 Å². The monoisotopic (exact) mass is 462 g/mol. The van der Waals surface area contributed by atoms with E-state index >= 15 is 0 Å². The fraction of sp³-hybridized carbons (Fsp3) is 0.316. The Morgan fingerprint density at radius 1 is 1.19 bits per heavy atom. The van der Waals surface area contributed by atoms with Crippen molar-refractivity contribution in [3.05, 3.63) is 53.6 Å². The highest BCUT2D eigenvalue weighted by molar-refractivity contribution is 7.89. The molecule has 2 rings (SSSR count). The first kappa shape index (κ1) is 24.4. The summed E-state index contributed by atoms with van der Waals surface area (Å²) in [6.45, 7) is -0.651. The first-order chi connectivity index (χ1) is 14.5. The van der Waals surface area contributed by atoms with Gasteiger partial charge in [-0.3, -0.25) is 4.79 Å². The summed E-state index contributed by atoms with van der Waals surface area (Å²) >= 11 is 0. The molecule has 0 saturated heterocycles. The fourth-order valence-electron chi connectivity index (χ4n) is 2.46. The zero-order valence-corrected chi connectivity index (χ0v) is 17.4. The third-order valence-corrected chi connectivity index (χ3v) is 5.52. The van der Waals surface area contributed by atoms with E-state index in [-0.39, 0.29) is 35.1 Å². The van der Waals surface area contributed by atoms with Crippen LogP contribution in [0.5, 0.6) is 11.5 Å². The largest absolute Gasteiger partial charge is 0.495 e. The van der Waals surface area contributed by atoms with Crippen molar-refractivity contribution in [1.29, 1.82) is 0 Å². The molecule has 0 aliphatic heterocycles. The molecule has 0 radical (unpaired) electrons. The summed E-state index contributed by atoms with van der Waals surface area (Å²) in [5.41, 5.74) is -0.889. The lowest BCUT2D eigenvalue weighted by Crippen LogP contribution is -2.35. The number of amides is 1. The number of ether oxygens (including phenoxy) is 2. The lowest BCUT2D eigenvalue weighted by atomic mass is 10.2. The van der Waals surface area contributed by atoms with Crippen molar-refractivity contribution in [3.8, 4) is 11.5 Å². The summed E-state index contributed by atoms with van der Waals surface area (Å²) in [6, 6.07) is 7.94. The van der Waals surface area contributed by atoms with Crippen molar-refractivity contribution >= 4 is 15.9 Å². The molecule has 0 aromatic heterocycles. The Bertz CT molecular complexity index is 1030. The quantitative estimate of drug-likeness (QED) is 0.524. The number of carbonyl (C=O) groups excluding carboxylic acids is 1. The van der Waals surface area contributed by atoms with E-state index in [9.17, 15) is 31.5 Å². The highest BCUT2D eigenvalue weighted by atomic mass is 32.2. The number of methoxy groups -OCH3 is 1. The van der Waals surface area contributed by atoms with Gasteiger partial charge in [-0.1, -0.05) is 6.07 Å². The van der Waals surface area contributed by atoms with Crippen LogP contribution in [0.25, 0.3) is 0 Å². The van der Waals surface area contributed by atoms with Gasteiger partial charge in [0.1, 0.15) is 29.1 Å². The smallest absolute Gasteiger partial charge is 0.416 e. The summed E-state index contributed by atoms with van der Waals surface area (Å²) in [5, 5.41) is 12.4. The third kappa shape index (κ3) is 6.57. The molecule has 0 heterocycles. The molecule has 0 spiro atoms. The Labute approximate surface area is 177 Å². The number of hydrogen-bond acceptors (Lipinski definition) is 6. The third-order valence-electron chi connectivity index (χ3n) is 4.09. The molecule has 2 aromatic rings. The highest BCUT2D eigenvalue weighted by Gasteiger charge is 2.30. The van der Waals surface area contributed by atoms with Gasteiger partial charge in [0, 0.05) is 12.1 Å². The number of aliphatic hydroxyl groups excluding tert-OH is 1. The van der Waals surface area contributed by atoms with E-state index in [1.165, 1.54) is 38.4 Å².